The summed E-state index contributed by atoms with van der Waals surface area (Å²) in [6, 6.07) is 25.8. The van der Waals surface area contributed by atoms with Crippen molar-refractivity contribution in [3.05, 3.63) is 124 Å². The van der Waals surface area contributed by atoms with Gasteiger partial charge >= 0.3 is 5.97 Å². The fourth-order valence-corrected chi connectivity index (χ4v) is 5.66. The Labute approximate surface area is 251 Å². The van der Waals surface area contributed by atoms with Crippen molar-refractivity contribution >= 4 is 29.4 Å². The van der Waals surface area contributed by atoms with E-state index < -0.39 is 18.4 Å². The van der Waals surface area contributed by atoms with Crippen LogP contribution in [-0.4, -0.2) is 51.5 Å². The van der Waals surface area contributed by atoms with Crippen molar-refractivity contribution < 1.29 is 14.7 Å². The molecule has 216 valence electrons. The Balaban J connectivity index is 1.39. The Hall–Kier alpha value is -4.23. The van der Waals surface area contributed by atoms with Crippen molar-refractivity contribution in [1.29, 1.82) is 0 Å². The van der Waals surface area contributed by atoms with Crippen LogP contribution in [0.15, 0.2) is 85.1 Å². The lowest BCUT2D eigenvalue weighted by Gasteiger charge is -2.32. The highest BCUT2D eigenvalue weighted by atomic mass is 35.5. The highest BCUT2D eigenvalue weighted by Crippen LogP contribution is 2.26. The number of aliphatic carboxylic acids is 1. The Morgan fingerprint density at radius 1 is 0.952 bits per heavy atom. The standard InChI is InChI=1S/C34H35ClN4O3/c1-24-10-12-27(13-11-24)22-39(23-32(40)41)33(42)30-21-36-34(37-31(30)20-28-8-5-9-29(35)19-28)38-16-14-26(15-17-38)18-25-6-3-2-4-7-25/h2-13,19,21,26H,14-18,20,22-23H2,1H3,(H,40,41). The molecule has 0 saturated carbocycles. The van der Waals surface area contributed by atoms with Gasteiger partial charge in [0.15, 0.2) is 0 Å². The van der Waals surface area contributed by atoms with Crippen LogP contribution in [0.5, 0.6) is 0 Å². The average molecular weight is 583 g/mol. The number of benzene rings is 3. The number of hydrogen-bond donors (Lipinski definition) is 1. The van der Waals surface area contributed by atoms with Crippen molar-refractivity contribution in [2.24, 2.45) is 5.92 Å². The number of nitrogens with zero attached hydrogens (tertiary/aromatic N) is 4. The summed E-state index contributed by atoms with van der Waals surface area (Å²) in [5.74, 6) is -0.308. The molecule has 7 nitrogen and oxygen atoms in total. The first-order valence-corrected chi connectivity index (χ1v) is 14.7. The highest BCUT2D eigenvalue weighted by Gasteiger charge is 2.26. The van der Waals surface area contributed by atoms with E-state index in [1.54, 1.807) is 12.3 Å². The molecule has 4 aromatic rings. The number of piperidine rings is 1. The molecule has 0 radical (unpaired) electrons. The van der Waals surface area contributed by atoms with Crippen molar-refractivity contribution in [3.63, 3.8) is 0 Å². The molecule has 0 aliphatic carbocycles. The molecule has 1 N–H and O–H groups in total. The van der Waals surface area contributed by atoms with Gasteiger partial charge in [0.25, 0.3) is 5.91 Å². The average Bonchev–Trinajstić information content (AvgIpc) is 2.98. The highest BCUT2D eigenvalue weighted by molar-refractivity contribution is 6.30. The lowest BCUT2D eigenvalue weighted by Crippen LogP contribution is -2.37. The third kappa shape index (κ3) is 7.74. The summed E-state index contributed by atoms with van der Waals surface area (Å²) in [6.45, 7) is 3.38. The van der Waals surface area contributed by atoms with Gasteiger partial charge in [-0.05, 0) is 60.9 Å². The van der Waals surface area contributed by atoms with Crippen LogP contribution in [0.2, 0.25) is 5.02 Å². The number of carbonyl (C=O) groups excluding carboxylic acids is 1. The van der Waals surface area contributed by atoms with E-state index in [1.807, 2.05) is 55.5 Å². The summed E-state index contributed by atoms with van der Waals surface area (Å²) in [5, 5.41) is 10.2. The van der Waals surface area contributed by atoms with E-state index in [1.165, 1.54) is 10.5 Å². The van der Waals surface area contributed by atoms with E-state index in [2.05, 4.69) is 34.1 Å². The molecule has 1 fully saturated rings. The quantitative estimate of drug-likeness (QED) is 0.239. The SMILES string of the molecule is Cc1ccc(CN(CC(=O)O)C(=O)c2cnc(N3CCC(Cc4ccccc4)CC3)nc2Cc2cccc(Cl)c2)cc1. The number of amides is 1. The van der Waals surface area contributed by atoms with Crippen LogP contribution in [0.3, 0.4) is 0 Å². The zero-order valence-corrected chi connectivity index (χ0v) is 24.5. The number of halogens is 1. The molecule has 0 spiro atoms. The van der Waals surface area contributed by atoms with Crippen molar-refractivity contribution in [3.8, 4) is 0 Å². The van der Waals surface area contributed by atoms with Gasteiger partial charge in [-0.2, -0.15) is 0 Å². The molecule has 1 aliphatic rings. The molecule has 8 heteroatoms. The van der Waals surface area contributed by atoms with Gasteiger partial charge in [-0.3, -0.25) is 9.59 Å². The molecule has 0 bridgehead atoms. The van der Waals surface area contributed by atoms with Gasteiger partial charge in [-0.25, -0.2) is 9.97 Å². The van der Waals surface area contributed by atoms with Gasteiger partial charge < -0.3 is 14.9 Å². The van der Waals surface area contributed by atoms with E-state index in [-0.39, 0.29) is 6.54 Å². The number of carbonyl (C=O) groups is 2. The number of aromatic nitrogens is 2. The molecule has 2 heterocycles. The van der Waals surface area contributed by atoms with Crippen LogP contribution in [0.1, 0.15) is 51.1 Å². The van der Waals surface area contributed by atoms with Crippen LogP contribution >= 0.6 is 11.6 Å². The summed E-state index contributed by atoms with van der Waals surface area (Å²) in [7, 11) is 0. The fourth-order valence-electron chi connectivity index (χ4n) is 5.44. The van der Waals surface area contributed by atoms with E-state index in [0.717, 1.165) is 49.0 Å². The largest absolute Gasteiger partial charge is 0.480 e. The first-order chi connectivity index (χ1) is 20.3. The summed E-state index contributed by atoms with van der Waals surface area (Å²) in [4.78, 5) is 38.7. The summed E-state index contributed by atoms with van der Waals surface area (Å²) >= 11 is 6.27. The van der Waals surface area contributed by atoms with Gasteiger partial charge in [0, 0.05) is 37.3 Å². The number of rotatable bonds is 10. The minimum Gasteiger partial charge on any atom is -0.480 e. The Kier molecular flexibility index (Phi) is 9.49. The molecular formula is C34H35ClN4O3. The molecule has 1 amide bonds. The normalized spacial score (nSPS) is 13.6. The van der Waals surface area contributed by atoms with Crippen molar-refractivity contribution in [2.75, 3.05) is 24.5 Å². The second-order valence-electron chi connectivity index (χ2n) is 11.0. The molecule has 1 saturated heterocycles. The smallest absolute Gasteiger partial charge is 0.323 e. The van der Waals surface area contributed by atoms with Crippen LogP contribution in [0.25, 0.3) is 0 Å². The van der Waals surface area contributed by atoms with E-state index in [4.69, 9.17) is 16.6 Å². The van der Waals surface area contributed by atoms with Gasteiger partial charge in [-0.1, -0.05) is 83.9 Å². The third-order valence-corrected chi connectivity index (χ3v) is 7.95. The van der Waals surface area contributed by atoms with Crippen LogP contribution in [0.4, 0.5) is 5.95 Å². The van der Waals surface area contributed by atoms with E-state index in [9.17, 15) is 14.7 Å². The van der Waals surface area contributed by atoms with Gasteiger partial charge in [-0.15, -0.1) is 0 Å². The number of carboxylic acid groups (broad SMARTS) is 1. The Morgan fingerprint density at radius 3 is 2.36 bits per heavy atom. The zero-order valence-electron chi connectivity index (χ0n) is 23.7. The fraction of sp³-hybridized carbons (Fsp3) is 0.294. The minimum absolute atomic E-state index is 0.165. The van der Waals surface area contributed by atoms with Gasteiger partial charge in [0.05, 0.1) is 11.3 Å². The van der Waals surface area contributed by atoms with Crippen molar-refractivity contribution in [2.45, 2.75) is 39.2 Å². The maximum atomic E-state index is 13.9. The molecule has 3 aromatic carbocycles. The third-order valence-electron chi connectivity index (χ3n) is 7.72. The summed E-state index contributed by atoms with van der Waals surface area (Å²) < 4.78 is 0. The second kappa shape index (κ2) is 13.6. The predicted octanol–water partition coefficient (Wildman–Crippen LogP) is 6.22. The number of hydrogen-bond acceptors (Lipinski definition) is 5. The lowest BCUT2D eigenvalue weighted by molar-refractivity contribution is -0.137. The maximum Gasteiger partial charge on any atom is 0.323 e. The van der Waals surface area contributed by atoms with Crippen LogP contribution < -0.4 is 4.90 Å². The topological polar surface area (TPSA) is 86.6 Å². The monoisotopic (exact) mass is 582 g/mol. The Morgan fingerprint density at radius 2 is 1.67 bits per heavy atom. The first-order valence-electron chi connectivity index (χ1n) is 14.3. The molecule has 42 heavy (non-hydrogen) atoms. The number of anilines is 1. The molecule has 5 rings (SSSR count). The second-order valence-corrected chi connectivity index (χ2v) is 11.4. The summed E-state index contributed by atoms with van der Waals surface area (Å²) in [6.07, 6.45) is 5.05. The van der Waals surface area contributed by atoms with E-state index in [0.29, 0.717) is 34.6 Å². The molecule has 0 unspecified atom stereocenters. The molecule has 1 aliphatic heterocycles. The molecule has 1 aromatic heterocycles. The van der Waals surface area contributed by atoms with Crippen LogP contribution in [0, 0.1) is 12.8 Å². The van der Waals surface area contributed by atoms with E-state index >= 15 is 0 Å². The maximum absolute atomic E-state index is 13.9. The van der Waals surface area contributed by atoms with Crippen LogP contribution in [-0.2, 0) is 24.2 Å². The Bertz CT molecular complexity index is 1520. The van der Waals surface area contributed by atoms with Crippen molar-refractivity contribution in [1.82, 2.24) is 14.9 Å². The van der Waals surface area contributed by atoms with Gasteiger partial charge in [0.1, 0.15) is 6.54 Å². The zero-order chi connectivity index (χ0) is 29.5. The minimum atomic E-state index is -1.08. The van der Waals surface area contributed by atoms with Gasteiger partial charge in [0.2, 0.25) is 5.95 Å². The predicted molar refractivity (Wildman–Crippen MR) is 165 cm³/mol. The summed E-state index contributed by atoms with van der Waals surface area (Å²) in [5.41, 5.74) is 5.06. The number of aryl methyl sites for hydroxylation is 1. The first kappa shape index (κ1) is 29.3. The molecule has 0 atom stereocenters. The number of carboxylic acids is 1. The lowest BCUT2D eigenvalue weighted by atomic mass is 9.90. The molecular weight excluding hydrogens is 548 g/mol.